The molecule has 0 aliphatic carbocycles. The number of aryl methyl sites for hydroxylation is 3. The first-order valence-corrected chi connectivity index (χ1v) is 12.6. The van der Waals surface area contributed by atoms with Gasteiger partial charge in [0.25, 0.3) is 0 Å². The van der Waals surface area contributed by atoms with E-state index in [-0.39, 0.29) is 18.2 Å². The van der Waals surface area contributed by atoms with Crippen molar-refractivity contribution in [2.45, 2.75) is 46.1 Å². The molecule has 0 saturated heterocycles. The van der Waals surface area contributed by atoms with E-state index in [9.17, 15) is 16.8 Å². The van der Waals surface area contributed by atoms with E-state index < -0.39 is 20.1 Å². The van der Waals surface area contributed by atoms with Crippen LogP contribution in [0.3, 0.4) is 0 Å². The summed E-state index contributed by atoms with van der Waals surface area (Å²) in [5.41, 5.74) is 3.09. The second-order valence-corrected chi connectivity index (χ2v) is 11.3. The second kappa shape index (κ2) is 8.85. The van der Waals surface area contributed by atoms with Crippen LogP contribution in [0, 0.1) is 26.7 Å². The lowest BCUT2D eigenvalue weighted by Crippen LogP contribution is -2.34. The average molecular weight is 440 g/mol. The maximum atomic E-state index is 13.5. The zero-order chi connectivity index (χ0) is 22.0. The van der Waals surface area contributed by atoms with Crippen molar-refractivity contribution >= 4 is 20.1 Å². The van der Waals surface area contributed by atoms with Gasteiger partial charge in [-0.15, -0.1) is 0 Å². The molecule has 2 aromatic rings. The molecule has 6 nitrogen and oxygen atoms in total. The molecule has 160 valence electrons. The fraction of sp³-hybridized carbons (Fsp3) is 0.429. The quantitative estimate of drug-likeness (QED) is 0.585. The van der Waals surface area contributed by atoms with Gasteiger partial charge in [0.05, 0.1) is 11.2 Å². The van der Waals surface area contributed by atoms with Crippen molar-refractivity contribution in [2.24, 2.45) is 5.92 Å². The van der Waals surface area contributed by atoms with Gasteiger partial charge in [0.15, 0.2) is 0 Å². The van der Waals surface area contributed by atoms with E-state index in [0.29, 0.717) is 28.1 Å². The molecule has 8 heteroatoms. The molecule has 0 amide bonds. The lowest BCUT2D eigenvalue weighted by molar-refractivity contribution is 0.361. The maximum absolute atomic E-state index is 13.5. The molecule has 0 unspecified atom stereocenters. The summed E-state index contributed by atoms with van der Waals surface area (Å²) in [6.45, 7) is 9.93. The number of benzene rings is 2. The summed E-state index contributed by atoms with van der Waals surface area (Å²) in [5.74, 6) is 0.279. The molecule has 0 radical (unpaired) electrons. The molecule has 0 aromatic heterocycles. The Balaban J connectivity index is 2.46. The summed E-state index contributed by atoms with van der Waals surface area (Å²) in [5, 5.41) is 0. The molecular formula is C21H29NO5S2. The Morgan fingerprint density at radius 2 is 1.55 bits per heavy atom. The van der Waals surface area contributed by atoms with E-state index in [1.54, 1.807) is 32.0 Å². The van der Waals surface area contributed by atoms with E-state index in [4.69, 9.17) is 4.18 Å². The highest BCUT2D eigenvalue weighted by Gasteiger charge is 2.28. The third-order valence-corrected chi connectivity index (χ3v) is 6.89. The predicted molar refractivity (Wildman–Crippen MR) is 115 cm³/mol. The Bertz CT molecular complexity index is 1070. The lowest BCUT2D eigenvalue weighted by atomic mass is 10.1. The first kappa shape index (κ1) is 23.4. The summed E-state index contributed by atoms with van der Waals surface area (Å²) in [4.78, 5) is 0.326. The van der Waals surface area contributed by atoms with E-state index in [2.05, 4.69) is 0 Å². The highest BCUT2D eigenvalue weighted by Crippen LogP contribution is 2.28. The molecule has 0 aliphatic rings. The summed E-state index contributed by atoms with van der Waals surface area (Å²) < 4.78 is 56.2. The standard InChI is InChI=1S/C21H29NO5S2/c1-15(2)13-22(14-19-8-7-9-20(12-19)27-28(6,23)24)29(25,26)21-17(4)10-16(3)11-18(21)5/h7-12,15H,13-14H2,1-6H3. The molecule has 29 heavy (non-hydrogen) atoms. The fourth-order valence-electron chi connectivity index (χ4n) is 3.43. The molecule has 0 atom stereocenters. The topological polar surface area (TPSA) is 80.8 Å². The molecule has 0 heterocycles. The summed E-state index contributed by atoms with van der Waals surface area (Å²) in [6.07, 6.45) is 0.970. The van der Waals surface area contributed by atoms with Crippen molar-refractivity contribution in [2.75, 3.05) is 12.8 Å². The van der Waals surface area contributed by atoms with E-state index >= 15 is 0 Å². The third-order valence-electron chi connectivity index (χ3n) is 4.28. The van der Waals surface area contributed by atoms with Gasteiger partial charge in [-0.25, -0.2) is 8.42 Å². The number of hydrogen-bond donors (Lipinski definition) is 0. The van der Waals surface area contributed by atoms with Crippen LogP contribution in [0.15, 0.2) is 41.3 Å². The van der Waals surface area contributed by atoms with Crippen molar-refractivity contribution in [1.29, 1.82) is 0 Å². The Morgan fingerprint density at radius 1 is 0.966 bits per heavy atom. The van der Waals surface area contributed by atoms with Crippen LogP contribution in [0.1, 0.15) is 36.1 Å². The Morgan fingerprint density at radius 3 is 2.07 bits per heavy atom. The Labute approximate surface area is 174 Å². The second-order valence-electron chi connectivity index (χ2n) is 7.85. The summed E-state index contributed by atoms with van der Waals surface area (Å²) >= 11 is 0. The summed E-state index contributed by atoms with van der Waals surface area (Å²) in [6, 6.07) is 10.2. The van der Waals surface area contributed by atoms with Crippen LogP contribution in [0.4, 0.5) is 0 Å². The Hall–Kier alpha value is -1.90. The zero-order valence-corrected chi connectivity index (χ0v) is 19.4. The van der Waals surface area contributed by atoms with Crippen LogP contribution in [0.25, 0.3) is 0 Å². The van der Waals surface area contributed by atoms with Gasteiger partial charge in [0.1, 0.15) is 5.75 Å². The number of hydrogen-bond acceptors (Lipinski definition) is 5. The van der Waals surface area contributed by atoms with Gasteiger partial charge in [-0.2, -0.15) is 12.7 Å². The van der Waals surface area contributed by atoms with Gasteiger partial charge in [-0.05, 0) is 55.5 Å². The van der Waals surface area contributed by atoms with Crippen LogP contribution in [-0.2, 0) is 26.7 Å². The molecule has 0 bridgehead atoms. The number of sulfonamides is 1. The minimum atomic E-state index is -3.75. The van der Waals surface area contributed by atoms with Crippen LogP contribution >= 0.6 is 0 Å². The van der Waals surface area contributed by atoms with Crippen LogP contribution in [0.2, 0.25) is 0 Å². The minimum Gasteiger partial charge on any atom is -0.383 e. The van der Waals surface area contributed by atoms with Crippen molar-refractivity contribution in [3.8, 4) is 5.75 Å². The van der Waals surface area contributed by atoms with Crippen molar-refractivity contribution in [3.63, 3.8) is 0 Å². The molecule has 0 saturated carbocycles. The molecule has 0 N–H and O–H groups in total. The maximum Gasteiger partial charge on any atom is 0.306 e. The lowest BCUT2D eigenvalue weighted by Gasteiger charge is -2.26. The minimum absolute atomic E-state index is 0.117. The van der Waals surface area contributed by atoms with Gasteiger partial charge in [0, 0.05) is 13.1 Å². The fourth-order valence-corrected chi connectivity index (χ4v) is 5.89. The molecule has 0 spiro atoms. The van der Waals surface area contributed by atoms with Crippen molar-refractivity contribution < 1.29 is 21.0 Å². The monoisotopic (exact) mass is 439 g/mol. The van der Waals surface area contributed by atoms with Crippen LogP contribution in [-0.4, -0.2) is 33.9 Å². The van der Waals surface area contributed by atoms with E-state index in [0.717, 1.165) is 11.8 Å². The average Bonchev–Trinajstić information content (AvgIpc) is 2.51. The van der Waals surface area contributed by atoms with E-state index in [1.807, 2.05) is 32.9 Å². The van der Waals surface area contributed by atoms with Gasteiger partial charge in [-0.3, -0.25) is 0 Å². The van der Waals surface area contributed by atoms with E-state index in [1.165, 1.54) is 10.4 Å². The van der Waals surface area contributed by atoms with Gasteiger partial charge >= 0.3 is 10.1 Å². The van der Waals surface area contributed by atoms with Crippen molar-refractivity contribution in [3.05, 3.63) is 58.7 Å². The highest BCUT2D eigenvalue weighted by molar-refractivity contribution is 7.89. The SMILES string of the molecule is Cc1cc(C)c(S(=O)(=O)N(Cc2cccc(OS(C)(=O)=O)c2)CC(C)C)c(C)c1. The number of rotatable bonds is 8. The van der Waals surface area contributed by atoms with Crippen LogP contribution < -0.4 is 4.18 Å². The number of nitrogens with zero attached hydrogens (tertiary/aromatic N) is 1. The smallest absolute Gasteiger partial charge is 0.306 e. The zero-order valence-electron chi connectivity index (χ0n) is 17.8. The first-order chi connectivity index (χ1) is 13.3. The van der Waals surface area contributed by atoms with Gasteiger partial charge in [0.2, 0.25) is 10.0 Å². The van der Waals surface area contributed by atoms with Crippen molar-refractivity contribution in [1.82, 2.24) is 4.31 Å². The van der Waals surface area contributed by atoms with Gasteiger partial charge in [-0.1, -0.05) is 43.7 Å². The molecule has 2 aromatic carbocycles. The largest absolute Gasteiger partial charge is 0.383 e. The predicted octanol–water partition coefficient (Wildman–Crippen LogP) is 3.80. The normalized spacial score (nSPS) is 12.6. The first-order valence-electron chi connectivity index (χ1n) is 9.36. The molecular weight excluding hydrogens is 410 g/mol. The Kier molecular flexibility index (Phi) is 7.14. The highest BCUT2D eigenvalue weighted by atomic mass is 32.2. The third kappa shape index (κ3) is 6.29. The van der Waals surface area contributed by atoms with Crippen LogP contribution in [0.5, 0.6) is 5.75 Å². The van der Waals surface area contributed by atoms with Gasteiger partial charge < -0.3 is 4.18 Å². The molecule has 0 fully saturated rings. The summed E-state index contributed by atoms with van der Waals surface area (Å²) in [7, 11) is -7.41. The molecule has 0 aliphatic heterocycles. The molecule has 2 rings (SSSR count).